The summed E-state index contributed by atoms with van der Waals surface area (Å²) in [5, 5.41) is 6.56. The van der Waals surface area contributed by atoms with Crippen LogP contribution in [0.2, 0.25) is 0 Å². The molecule has 0 saturated heterocycles. The van der Waals surface area contributed by atoms with Crippen LogP contribution in [-0.2, 0) is 11.3 Å². The summed E-state index contributed by atoms with van der Waals surface area (Å²) in [7, 11) is 1.81. The van der Waals surface area contributed by atoms with Crippen LogP contribution in [0.4, 0.5) is 0 Å². The van der Waals surface area contributed by atoms with Gasteiger partial charge in [-0.2, -0.15) is 5.10 Å². The molecule has 0 aromatic carbocycles. The maximum absolute atomic E-state index is 12.4. The molecule has 1 aliphatic carbocycles. The lowest BCUT2D eigenvalue weighted by Crippen LogP contribution is -2.40. The number of aromatic nitrogens is 3. The predicted octanol–water partition coefficient (Wildman–Crippen LogP) is 0.528. The number of aromatic amines is 1. The average molecular weight is 251 g/mol. The quantitative estimate of drug-likeness (QED) is 0.817. The maximum Gasteiger partial charge on any atom is 0.226 e. The first-order valence-corrected chi connectivity index (χ1v) is 6.51. The third-order valence-electron chi connectivity index (χ3n) is 3.76. The number of carbonyl (C=O) groups excluding carboxylic acids is 1. The third-order valence-corrected chi connectivity index (χ3v) is 3.76. The highest BCUT2D eigenvalue weighted by Crippen LogP contribution is 2.30. The van der Waals surface area contributed by atoms with Gasteiger partial charge in [-0.3, -0.25) is 9.89 Å². The number of nitrogens with two attached hydrogens (primary N) is 1. The molecule has 1 aromatic heterocycles. The van der Waals surface area contributed by atoms with Crippen LogP contribution >= 0.6 is 0 Å². The van der Waals surface area contributed by atoms with Gasteiger partial charge in [-0.25, -0.2) is 4.98 Å². The number of nitrogens with one attached hydrogen (secondary N) is 1. The van der Waals surface area contributed by atoms with Gasteiger partial charge in [0.25, 0.3) is 0 Å². The summed E-state index contributed by atoms with van der Waals surface area (Å²) in [5.41, 5.74) is 5.77. The molecule has 2 rings (SSSR count). The topological polar surface area (TPSA) is 87.9 Å². The molecular weight excluding hydrogens is 230 g/mol. The maximum atomic E-state index is 12.4. The molecule has 1 fully saturated rings. The molecule has 1 heterocycles. The Balaban J connectivity index is 1.96. The van der Waals surface area contributed by atoms with E-state index in [1.165, 1.54) is 12.7 Å². The molecule has 0 bridgehead atoms. The van der Waals surface area contributed by atoms with Gasteiger partial charge in [0.2, 0.25) is 5.91 Å². The van der Waals surface area contributed by atoms with Crippen molar-refractivity contribution in [1.29, 1.82) is 0 Å². The van der Waals surface area contributed by atoms with Crippen LogP contribution in [0, 0.1) is 11.8 Å². The van der Waals surface area contributed by atoms with Crippen LogP contribution in [0.5, 0.6) is 0 Å². The Morgan fingerprint density at radius 3 is 3.00 bits per heavy atom. The molecule has 3 N–H and O–H groups in total. The van der Waals surface area contributed by atoms with Crippen molar-refractivity contribution in [2.24, 2.45) is 17.6 Å². The van der Waals surface area contributed by atoms with Crippen LogP contribution in [0.25, 0.3) is 0 Å². The molecule has 100 valence electrons. The second-order valence-corrected chi connectivity index (χ2v) is 5.01. The normalized spacial score (nSPS) is 23.9. The van der Waals surface area contributed by atoms with Gasteiger partial charge in [0.1, 0.15) is 12.2 Å². The largest absolute Gasteiger partial charge is 0.338 e. The number of H-pyrrole nitrogens is 1. The lowest BCUT2D eigenvalue weighted by atomic mass is 9.78. The minimum absolute atomic E-state index is 0.0803. The second kappa shape index (κ2) is 5.95. The Labute approximate surface area is 107 Å². The van der Waals surface area contributed by atoms with E-state index >= 15 is 0 Å². The highest BCUT2D eigenvalue weighted by atomic mass is 16.2. The van der Waals surface area contributed by atoms with E-state index in [9.17, 15) is 4.79 Å². The van der Waals surface area contributed by atoms with Crippen molar-refractivity contribution in [3.63, 3.8) is 0 Å². The van der Waals surface area contributed by atoms with Crippen molar-refractivity contribution in [3.05, 3.63) is 12.2 Å². The molecule has 2 unspecified atom stereocenters. The number of nitrogens with zero attached hydrogens (tertiary/aromatic N) is 3. The molecule has 1 aliphatic rings. The molecule has 6 heteroatoms. The molecule has 18 heavy (non-hydrogen) atoms. The van der Waals surface area contributed by atoms with Crippen molar-refractivity contribution >= 4 is 5.91 Å². The van der Waals surface area contributed by atoms with E-state index in [-0.39, 0.29) is 11.8 Å². The molecule has 1 saturated carbocycles. The van der Waals surface area contributed by atoms with E-state index in [2.05, 4.69) is 15.2 Å². The standard InChI is InChI=1S/C12H21N5O/c1-17(7-11-14-8-15-16-11)12(18)10-5-3-2-4-9(10)6-13/h8-10H,2-7,13H2,1H3,(H,14,15,16). The Kier molecular flexibility index (Phi) is 4.30. The van der Waals surface area contributed by atoms with Crippen LogP contribution in [0.3, 0.4) is 0 Å². The summed E-state index contributed by atoms with van der Waals surface area (Å²) in [6.07, 6.45) is 5.81. The van der Waals surface area contributed by atoms with Gasteiger partial charge in [0.15, 0.2) is 0 Å². The zero-order valence-electron chi connectivity index (χ0n) is 10.8. The minimum atomic E-state index is 0.0803. The van der Waals surface area contributed by atoms with Crippen LogP contribution < -0.4 is 5.73 Å². The van der Waals surface area contributed by atoms with Crippen LogP contribution in [-0.4, -0.2) is 39.6 Å². The summed E-state index contributed by atoms with van der Waals surface area (Å²) >= 11 is 0. The predicted molar refractivity (Wildman–Crippen MR) is 67.4 cm³/mol. The molecule has 6 nitrogen and oxygen atoms in total. The Hall–Kier alpha value is -1.43. The number of amides is 1. The Morgan fingerprint density at radius 2 is 2.33 bits per heavy atom. The third kappa shape index (κ3) is 2.87. The second-order valence-electron chi connectivity index (χ2n) is 5.01. The zero-order valence-corrected chi connectivity index (χ0v) is 10.8. The van der Waals surface area contributed by atoms with Gasteiger partial charge in [0.05, 0.1) is 6.54 Å². The van der Waals surface area contributed by atoms with Crippen LogP contribution in [0.1, 0.15) is 31.5 Å². The molecule has 0 radical (unpaired) electrons. The molecule has 1 aromatic rings. The van der Waals surface area contributed by atoms with Gasteiger partial charge >= 0.3 is 0 Å². The lowest BCUT2D eigenvalue weighted by molar-refractivity contribution is -0.137. The first-order chi connectivity index (χ1) is 8.72. The minimum Gasteiger partial charge on any atom is -0.338 e. The van der Waals surface area contributed by atoms with E-state index in [1.807, 2.05) is 7.05 Å². The Bertz CT molecular complexity index is 378. The smallest absolute Gasteiger partial charge is 0.226 e. The van der Waals surface area contributed by atoms with Crippen molar-refractivity contribution in [3.8, 4) is 0 Å². The van der Waals surface area contributed by atoms with Gasteiger partial charge in [-0.15, -0.1) is 0 Å². The monoisotopic (exact) mass is 251 g/mol. The summed E-state index contributed by atoms with van der Waals surface area (Å²) in [4.78, 5) is 18.2. The van der Waals surface area contributed by atoms with E-state index in [4.69, 9.17) is 5.73 Å². The van der Waals surface area contributed by atoms with Gasteiger partial charge in [-0.1, -0.05) is 12.8 Å². The molecule has 2 atom stereocenters. The van der Waals surface area contributed by atoms with Gasteiger partial charge in [0, 0.05) is 13.0 Å². The number of hydrogen-bond donors (Lipinski definition) is 2. The first-order valence-electron chi connectivity index (χ1n) is 6.51. The van der Waals surface area contributed by atoms with E-state index < -0.39 is 0 Å². The molecule has 0 spiro atoms. The molecule has 1 amide bonds. The van der Waals surface area contributed by atoms with Gasteiger partial charge in [-0.05, 0) is 25.3 Å². The lowest BCUT2D eigenvalue weighted by Gasteiger charge is -2.32. The zero-order chi connectivity index (χ0) is 13.0. The highest BCUT2D eigenvalue weighted by molar-refractivity contribution is 5.79. The Morgan fingerprint density at radius 1 is 1.56 bits per heavy atom. The molecule has 0 aliphatic heterocycles. The highest BCUT2D eigenvalue weighted by Gasteiger charge is 2.31. The van der Waals surface area contributed by atoms with E-state index in [0.29, 0.717) is 24.8 Å². The van der Waals surface area contributed by atoms with Crippen molar-refractivity contribution in [2.45, 2.75) is 32.2 Å². The summed E-state index contributed by atoms with van der Waals surface area (Å²) in [6, 6.07) is 0. The molecular formula is C12H21N5O. The fourth-order valence-corrected chi connectivity index (χ4v) is 2.71. The van der Waals surface area contributed by atoms with Crippen molar-refractivity contribution in [1.82, 2.24) is 20.1 Å². The fourth-order valence-electron chi connectivity index (χ4n) is 2.71. The number of carbonyl (C=O) groups is 1. The summed E-state index contributed by atoms with van der Waals surface area (Å²) in [6.45, 7) is 1.08. The number of rotatable bonds is 4. The van der Waals surface area contributed by atoms with Crippen molar-refractivity contribution < 1.29 is 4.79 Å². The van der Waals surface area contributed by atoms with E-state index in [0.717, 1.165) is 19.3 Å². The van der Waals surface area contributed by atoms with Crippen LogP contribution in [0.15, 0.2) is 6.33 Å². The van der Waals surface area contributed by atoms with Gasteiger partial charge < -0.3 is 10.6 Å². The number of hydrogen-bond acceptors (Lipinski definition) is 4. The van der Waals surface area contributed by atoms with E-state index in [1.54, 1.807) is 4.90 Å². The fraction of sp³-hybridized carbons (Fsp3) is 0.750. The average Bonchev–Trinajstić information content (AvgIpc) is 2.90. The first kappa shape index (κ1) is 13.0. The summed E-state index contributed by atoms with van der Waals surface area (Å²) in [5.74, 6) is 1.31. The van der Waals surface area contributed by atoms with Crippen molar-refractivity contribution in [2.75, 3.05) is 13.6 Å². The SMILES string of the molecule is CN(Cc1ncn[nH]1)C(=O)C1CCCCC1CN. The summed E-state index contributed by atoms with van der Waals surface area (Å²) < 4.78 is 0.